The number of rotatable bonds is 19. The molecule has 164 valence electrons. The largest absolute Gasteiger partial charge is 0.355 e. The number of carbonyl (C=O) groups is 3. The van der Waals surface area contributed by atoms with Gasteiger partial charge in [-0.15, -0.1) is 0 Å². The summed E-state index contributed by atoms with van der Waals surface area (Å²) >= 11 is 0. The minimum absolute atomic E-state index is 0.0446. The van der Waals surface area contributed by atoms with Crippen molar-refractivity contribution in [1.82, 2.24) is 16.0 Å². The Morgan fingerprint density at radius 1 is 0.536 bits per heavy atom. The lowest BCUT2D eigenvalue weighted by Gasteiger charge is -2.07. The molecular weight excluding hydrogens is 354 g/mol. The topological polar surface area (TPSA) is 87.3 Å². The zero-order valence-electron chi connectivity index (χ0n) is 18.2. The third kappa shape index (κ3) is 20.7. The Bertz CT molecular complexity index is 414. The van der Waals surface area contributed by atoms with Crippen LogP contribution in [0.3, 0.4) is 0 Å². The van der Waals surface area contributed by atoms with Crippen LogP contribution in [0.25, 0.3) is 0 Å². The van der Waals surface area contributed by atoms with Crippen molar-refractivity contribution in [2.75, 3.05) is 19.6 Å². The van der Waals surface area contributed by atoms with Crippen LogP contribution >= 0.6 is 0 Å². The van der Waals surface area contributed by atoms with E-state index in [1.165, 1.54) is 84.0 Å². The van der Waals surface area contributed by atoms with Crippen LogP contribution in [0.15, 0.2) is 0 Å². The van der Waals surface area contributed by atoms with Crippen LogP contribution in [0.2, 0.25) is 0 Å². The molecule has 0 aliphatic heterocycles. The second-order valence-electron chi connectivity index (χ2n) is 7.63. The van der Waals surface area contributed by atoms with Crippen LogP contribution in [0.1, 0.15) is 104 Å². The standard InChI is InChI=1S/C22H43N3O3/c1-3-4-5-6-7-8-9-10-11-12-13-14-15-16-17-23-21(27)19-25-22(28)18-24-20(2)26/h3-19H2,1-2H3,(H,23,27)(H,24,26)(H,25,28). The predicted octanol–water partition coefficient (Wildman–Crippen LogP) is 3.84. The van der Waals surface area contributed by atoms with Crippen LogP contribution in [0.5, 0.6) is 0 Å². The summed E-state index contributed by atoms with van der Waals surface area (Å²) in [5.74, 6) is -0.815. The van der Waals surface area contributed by atoms with E-state index in [0.29, 0.717) is 6.54 Å². The Kier molecular flexibility index (Phi) is 19.0. The van der Waals surface area contributed by atoms with Gasteiger partial charge in [-0.05, 0) is 6.42 Å². The molecule has 0 atom stereocenters. The highest BCUT2D eigenvalue weighted by molar-refractivity contribution is 5.87. The Morgan fingerprint density at radius 2 is 0.929 bits per heavy atom. The van der Waals surface area contributed by atoms with Crippen LogP contribution in [-0.4, -0.2) is 37.4 Å². The number of hydrogen-bond acceptors (Lipinski definition) is 3. The number of amides is 3. The molecule has 0 saturated carbocycles. The fourth-order valence-electron chi connectivity index (χ4n) is 3.06. The monoisotopic (exact) mass is 397 g/mol. The second-order valence-corrected chi connectivity index (χ2v) is 7.63. The van der Waals surface area contributed by atoms with E-state index in [1.807, 2.05) is 0 Å². The molecule has 3 N–H and O–H groups in total. The van der Waals surface area contributed by atoms with Gasteiger partial charge in [-0.25, -0.2) is 0 Å². The summed E-state index contributed by atoms with van der Waals surface area (Å²) in [5.41, 5.74) is 0. The number of hydrogen-bond donors (Lipinski definition) is 3. The van der Waals surface area contributed by atoms with Gasteiger partial charge < -0.3 is 16.0 Å². The first-order valence-electron chi connectivity index (χ1n) is 11.3. The minimum Gasteiger partial charge on any atom is -0.355 e. The summed E-state index contributed by atoms with van der Waals surface area (Å²) in [6.07, 6.45) is 18.4. The molecule has 0 rings (SSSR count). The minimum atomic E-state index is -0.359. The fourth-order valence-corrected chi connectivity index (χ4v) is 3.06. The van der Waals surface area contributed by atoms with Crippen molar-refractivity contribution in [2.45, 2.75) is 104 Å². The first kappa shape index (κ1) is 26.4. The Hall–Kier alpha value is -1.59. The summed E-state index contributed by atoms with van der Waals surface area (Å²) in [4.78, 5) is 33.6. The van der Waals surface area contributed by atoms with Gasteiger partial charge in [0.1, 0.15) is 0 Å². The molecule has 0 radical (unpaired) electrons. The van der Waals surface area contributed by atoms with Crippen molar-refractivity contribution in [3.05, 3.63) is 0 Å². The second kappa shape index (κ2) is 20.2. The zero-order valence-corrected chi connectivity index (χ0v) is 18.2. The summed E-state index contributed by atoms with van der Waals surface area (Å²) < 4.78 is 0. The van der Waals surface area contributed by atoms with E-state index in [1.54, 1.807) is 0 Å². The molecule has 0 fully saturated rings. The zero-order chi connectivity index (χ0) is 20.9. The molecule has 0 aromatic carbocycles. The van der Waals surface area contributed by atoms with Crippen LogP contribution in [-0.2, 0) is 14.4 Å². The van der Waals surface area contributed by atoms with E-state index in [2.05, 4.69) is 22.9 Å². The first-order valence-corrected chi connectivity index (χ1v) is 11.3. The van der Waals surface area contributed by atoms with Gasteiger partial charge in [-0.2, -0.15) is 0 Å². The Labute approximate surface area is 172 Å². The number of unbranched alkanes of at least 4 members (excludes halogenated alkanes) is 13. The summed E-state index contributed by atoms with van der Waals surface area (Å²) in [7, 11) is 0. The van der Waals surface area contributed by atoms with Crippen molar-refractivity contribution in [2.24, 2.45) is 0 Å². The molecule has 3 amide bonds. The Balaban J connectivity index is 3.25. The van der Waals surface area contributed by atoms with Gasteiger partial charge in [-0.3, -0.25) is 14.4 Å². The maximum Gasteiger partial charge on any atom is 0.239 e. The average Bonchev–Trinajstić information content (AvgIpc) is 2.67. The molecule has 0 spiro atoms. The van der Waals surface area contributed by atoms with E-state index in [0.717, 1.165) is 12.8 Å². The molecule has 0 aromatic heterocycles. The van der Waals surface area contributed by atoms with E-state index < -0.39 is 0 Å². The van der Waals surface area contributed by atoms with Crippen molar-refractivity contribution in [1.29, 1.82) is 0 Å². The van der Waals surface area contributed by atoms with E-state index in [-0.39, 0.29) is 30.8 Å². The van der Waals surface area contributed by atoms with Gasteiger partial charge in [0.2, 0.25) is 17.7 Å². The molecule has 0 bridgehead atoms. The maximum absolute atomic E-state index is 11.6. The number of nitrogens with one attached hydrogen (secondary N) is 3. The average molecular weight is 398 g/mol. The molecular formula is C22H43N3O3. The van der Waals surface area contributed by atoms with Gasteiger partial charge in [0.05, 0.1) is 13.1 Å². The summed E-state index contributed by atoms with van der Waals surface area (Å²) in [6, 6.07) is 0. The van der Waals surface area contributed by atoms with Gasteiger partial charge >= 0.3 is 0 Å². The van der Waals surface area contributed by atoms with Gasteiger partial charge in [-0.1, -0.05) is 90.4 Å². The molecule has 0 saturated heterocycles. The first-order chi connectivity index (χ1) is 13.6. The lowest BCUT2D eigenvalue weighted by Crippen LogP contribution is -2.41. The highest BCUT2D eigenvalue weighted by Crippen LogP contribution is 2.12. The van der Waals surface area contributed by atoms with Crippen molar-refractivity contribution < 1.29 is 14.4 Å². The summed E-state index contributed by atoms with van der Waals surface area (Å²) in [6.45, 7) is 4.12. The molecule has 6 heteroatoms. The molecule has 6 nitrogen and oxygen atoms in total. The maximum atomic E-state index is 11.6. The molecule has 0 heterocycles. The lowest BCUT2D eigenvalue weighted by molar-refractivity contribution is -0.127. The van der Waals surface area contributed by atoms with Crippen LogP contribution in [0, 0.1) is 0 Å². The normalized spacial score (nSPS) is 10.5. The fraction of sp³-hybridized carbons (Fsp3) is 0.864. The van der Waals surface area contributed by atoms with Gasteiger partial charge in [0.15, 0.2) is 0 Å². The lowest BCUT2D eigenvalue weighted by atomic mass is 10.0. The molecule has 0 aromatic rings. The molecule has 28 heavy (non-hydrogen) atoms. The van der Waals surface area contributed by atoms with Crippen molar-refractivity contribution >= 4 is 17.7 Å². The van der Waals surface area contributed by atoms with Gasteiger partial charge in [0, 0.05) is 13.5 Å². The van der Waals surface area contributed by atoms with Crippen LogP contribution in [0.4, 0.5) is 0 Å². The SMILES string of the molecule is CCCCCCCCCCCCCCCCNC(=O)CNC(=O)CNC(C)=O. The van der Waals surface area contributed by atoms with Crippen molar-refractivity contribution in [3.8, 4) is 0 Å². The van der Waals surface area contributed by atoms with E-state index >= 15 is 0 Å². The molecule has 0 unspecified atom stereocenters. The molecule has 0 aliphatic carbocycles. The van der Waals surface area contributed by atoms with Gasteiger partial charge in [0.25, 0.3) is 0 Å². The predicted molar refractivity (Wildman–Crippen MR) is 115 cm³/mol. The van der Waals surface area contributed by atoms with Crippen molar-refractivity contribution in [3.63, 3.8) is 0 Å². The molecule has 0 aliphatic rings. The number of carbonyl (C=O) groups excluding carboxylic acids is 3. The third-order valence-electron chi connectivity index (χ3n) is 4.80. The highest BCUT2D eigenvalue weighted by atomic mass is 16.2. The van der Waals surface area contributed by atoms with Crippen LogP contribution < -0.4 is 16.0 Å². The highest BCUT2D eigenvalue weighted by Gasteiger charge is 2.05. The Morgan fingerprint density at radius 3 is 1.39 bits per heavy atom. The quantitative estimate of drug-likeness (QED) is 0.289. The summed E-state index contributed by atoms with van der Waals surface area (Å²) in [5, 5.41) is 7.67. The van der Waals surface area contributed by atoms with E-state index in [9.17, 15) is 14.4 Å². The van der Waals surface area contributed by atoms with E-state index in [4.69, 9.17) is 0 Å². The third-order valence-corrected chi connectivity index (χ3v) is 4.80. The smallest absolute Gasteiger partial charge is 0.239 e.